The van der Waals surface area contributed by atoms with E-state index in [1.165, 1.54) is 0 Å². The van der Waals surface area contributed by atoms with Crippen molar-refractivity contribution in [3.63, 3.8) is 0 Å². The van der Waals surface area contributed by atoms with Crippen LogP contribution in [0.25, 0.3) is 11.1 Å². The second-order valence-corrected chi connectivity index (χ2v) is 5.19. The maximum absolute atomic E-state index is 12.2. The number of halogens is 1. The number of nitrogens with zero attached hydrogens (tertiary/aromatic N) is 3. The summed E-state index contributed by atoms with van der Waals surface area (Å²) in [6.07, 6.45) is 4.59. The Labute approximate surface area is 151 Å². The van der Waals surface area contributed by atoms with Crippen LogP contribution < -0.4 is 10.4 Å². The minimum Gasteiger partial charge on any atom is -0.581 e. The Morgan fingerprint density at radius 2 is 2.19 bits per heavy atom. The number of aromatic nitrogens is 2. The molecule has 1 fully saturated rings. The van der Waals surface area contributed by atoms with Crippen molar-refractivity contribution < 1.29 is 37.5 Å². The molecule has 1 N–H and O–H groups in total. The van der Waals surface area contributed by atoms with Crippen LogP contribution in [0.5, 0.6) is 0 Å². The summed E-state index contributed by atoms with van der Waals surface area (Å²) in [6.45, 7) is 0. The molecule has 1 radical (unpaired) electrons. The molecule has 3 rings (SSSR count). The fourth-order valence-electron chi connectivity index (χ4n) is 1.93. The molecule has 5 nitrogen and oxygen atoms in total. The van der Waals surface area contributed by atoms with E-state index in [1.807, 2.05) is 0 Å². The molecule has 103 valence electrons. The monoisotopic (exact) mass is 374 g/mol. The number of carbonyl (C=O) groups excluding carboxylic acids is 1. The van der Waals surface area contributed by atoms with Gasteiger partial charge < -0.3 is 15.5 Å². The van der Waals surface area contributed by atoms with Crippen LogP contribution >= 0.6 is 11.6 Å². The smallest absolute Gasteiger partial charge is 0.254 e. The van der Waals surface area contributed by atoms with E-state index in [2.05, 4.69) is 21.6 Å². The molecule has 1 saturated carbocycles. The van der Waals surface area contributed by atoms with Crippen molar-refractivity contribution in [2.75, 3.05) is 0 Å². The van der Waals surface area contributed by atoms with Crippen molar-refractivity contribution in [3.8, 4) is 17.2 Å². The van der Waals surface area contributed by atoms with Crippen LogP contribution in [0.1, 0.15) is 23.2 Å². The van der Waals surface area contributed by atoms with Gasteiger partial charge in [-0.25, -0.2) is 0 Å². The van der Waals surface area contributed by atoms with Gasteiger partial charge in [-0.1, -0.05) is 17.7 Å². The van der Waals surface area contributed by atoms with Crippen molar-refractivity contribution >= 4 is 17.5 Å². The minimum atomic E-state index is -0.708. The van der Waals surface area contributed by atoms with E-state index in [-0.39, 0.29) is 38.6 Å². The largest absolute Gasteiger partial charge is 0.581 e. The molecule has 0 unspecified atom stereocenters. The van der Waals surface area contributed by atoms with Crippen molar-refractivity contribution in [2.24, 2.45) is 0 Å². The zero-order valence-electron chi connectivity index (χ0n) is 11.0. The van der Waals surface area contributed by atoms with E-state index in [0.29, 0.717) is 23.4 Å². The van der Waals surface area contributed by atoms with Crippen LogP contribution in [0.4, 0.5) is 0 Å². The molecule has 1 aliphatic carbocycles. The van der Waals surface area contributed by atoms with Crippen LogP contribution in [0.15, 0.2) is 30.6 Å². The molecule has 1 heterocycles. The molecule has 7 heteroatoms. The van der Waals surface area contributed by atoms with Gasteiger partial charge in [0.05, 0.1) is 16.7 Å². The molecule has 0 saturated heterocycles. The SMILES string of the molecule is N#CC1(NC(=O)c2cc(-c3cn[n-]c3)ccc2Cl)CC1.[Y]. The zero-order valence-corrected chi connectivity index (χ0v) is 14.6. The first-order chi connectivity index (χ1) is 9.63. The van der Waals surface area contributed by atoms with Crippen LogP contribution in [0.2, 0.25) is 5.02 Å². The third-order valence-corrected chi connectivity index (χ3v) is 3.65. The van der Waals surface area contributed by atoms with Crippen molar-refractivity contribution in [2.45, 2.75) is 18.4 Å². The van der Waals surface area contributed by atoms with E-state index in [9.17, 15) is 4.79 Å². The molecule has 0 atom stereocenters. The number of carbonyl (C=O) groups is 1. The third kappa shape index (κ3) is 3.34. The van der Waals surface area contributed by atoms with E-state index in [0.717, 1.165) is 11.1 Å². The zero-order chi connectivity index (χ0) is 14.2. The molecular weight excluding hydrogens is 365 g/mol. The van der Waals surface area contributed by atoms with Gasteiger partial charge in [0, 0.05) is 38.9 Å². The summed E-state index contributed by atoms with van der Waals surface area (Å²) in [6, 6.07) is 7.26. The number of nitriles is 1. The number of hydrogen-bond acceptors (Lipinski definition) is 3. The van der Waals surface area contributed by atoms with Crippen molar-refractivity contribution in [1.82, 2.24) is 15.5 Å². The summed E-state index contributed by atoms with van der Waals surface area (Å²) in [5.41, 5.74) is 1.27. The fraction of sp³-hybridized carbons (Fsp3) is 0.214. The summed E-state index contributed by atoms with van der Waals surface area (Å²) >= 11 is 6.07. The number of amides is 1. The van der Waals surface area contributed by atoms with Gasteiger partial charge in [0.15, 0.2) is 0 Å². The number of nitrogens with one attached hydrogen (secondary N) is 1. The Balaban J connectivity index is 0.00000161. The molecule has 0 aliphatic heterocycles. The molecule has 2 aromatic rings. The predicted molar refractivity (Wildman–Crippen MR) is 73.0 cm³/mol. The molecule has 21 heavy (non-hydrogen) atoms. The Kier molecular flexibility index (Phi) is 4.82. The molecular formula is C14H10ClN4OY-. The summed E-state index contributed by atoms with van der Waals surface area (Å²) in [5.74, 6) is -0.330. The fourth-order valence-corrected chi connectivity index (χ4v) is 2.13. The summed E-state index contributed by atoms with van der Waals surface area (Å²) in [4.78, 5) is 12.2. The second kappa shape index (κ2) is 6.27. The number of rotatable bonds is 3. The van der Waals surface area contributed by atoms with Crippen molar-refractivity contribution in [3.05, 3.63) is 41.2 Å². The Morgan fingerprint density at radius 1 is 1.43 bits per heavy atom. The first-order valence-electron chi connectivity index (χ1n) is 6.11. The van der Waals surface area contributed by atoms with Crippen LogP contribution in [-0.4, -0.2) is 16.5 Å². The van der Waals surface area contributed by atoms with Crippen LogP contribution in [0, 0.1) is 11.3 Å². The Bertz CT molecular complexity index is 704. The normalized spacial score (nSPS) is 14.7. The maximum atomic E-state index is 12.2. The van der Waals surface area contributed by atoms with Gasteiger partial charge in [0.25, 0.3) is 5.91 Å². The van der Waals surface area contributed by atoms with E-state index in [1.54, 1.807) is 30.6 Å². The van der Waals surface area contributed by atoms with Gasteiger partial charge in [-0.3, -0.25) is 4.79 Å². The van der Waals surface area contributed by atoms with Gasteiger partial charge in [-0.15, -0.1) is 0 Å². The Hall–Kier alpha value is -1.22. The van der Waals surface area contributed by atoms with Crippen LogP contribution in [-0.2, 0) is 32.7 Å². The molecule has 0 bridgehead atoms. The van der Waals surface area contributed by atoms with Gasteiger partial charge in [-0.05, 0) is 36.1 Å². The summed E-state index contributed by atoms with van der Waals surface area (Å²) in [5, 5.41) is 19.6. The topological polar surface area (TPSA) is 79.9 Å². The minimum absolute atomic E-state index is 0. The average Bonchev–Trinajstić information content (AvgIpc) is 3.01. The average molecular weight is 375 g/mol. The van der Waals surface area contributed by atoms with E-state index >= 15 is 0 Å². The van der Waals surface area contributed by atoms with Crippen molar-refractivity contribution in [1.29, 1.82) is 5.26 Å². The molecule has 0 spiro atoms. The van der Waals surface area contributed by atoms with E-state index < -0.39 is 5.54 Å². The van der Waals surface area contributed by atoms with Gasteiger partial charge >= 0.3 is 0 Å². The molecule has 1 aromatic heterocycles. The second-order valence-electron chi connectivity index (χ2n) is 4.79. The first kappa shape index (κ1) is 16.2. The third-order valence-electron chi connectivity index (χ3n) is 3.32. The predicted octanol–water partition coefficient (Wildman–Crippen LogP) is 2.14. The maximum Gasteiger partial charge on any atom is 0.254 e. The number of benzene rings is 1. The first-order valence-corrected chi connectivity index (χ1v) is 6.48. The van der Waals surface area contributed by atoms with E-state index in [4.69, 9.17) is 16.9 Å². The van der Waals surface area contributed by atoms with Crippen LogP contribution in [0.3, 0.4) is 0 Å². The van der Waals surface area contributed by atoms with Gasteiger partial charge in [0.1, 0.15) is 5.54 Å². The molecule has 1 aromatic carbocycles. The molecule has 1 amide bonds. The Morgan fingerprint density at radius 3 is 2.76 bits per heavy atom. The summed E-state index contributed by atoms with van der Waals surface area (Å²) in [7, 11) is 0. The van der Waals surface area contributed by atoms with Gasteiger partial charge in [0.2, 0.25) is 0 Å². The van der Waals surface area contributed by atoms with Gasteiger partial charge in [-0.2, -0.15) is 11.5 Å². The summed E-state index contributed by atoms with van der Waals surface area (Å²) < 4.78 is 0. The quantitative estimate of drug-likeness (QED) is 0.892. The number of hydrogen-bond donors (Lipinski definition) is 1. The standard InChI is InChI=1S/C14H11ClN4O.Y/c15-12-2-1-9(10-6-17-18-7-10)5-11(12)13(20)19-14(8-16)3-4-14;/h1-2,5-7H,3-4H2,(H2,17,18,19,20);/p-1. The molecule has 1 aliphatic rings.